The molecule has 2 aromatic rings. The van der Waals surface area contributed by atoms with Crippen LogP contribution in [0, 0.1) is 4.77 Å². The van der Waals surface area contributed by atoms with Gasteiger partial charge in [-0.05, 0) is 37.2 Å². The lowest BCUT2D eigenvalue weighted by Gasteiger charge is -2.21. The number of carbonyl (C=O) groups is 1. The van der Waals surface area contributed by atoms with E-state index in [-0.39, 0.29) is 11.9 Å². The number of H-pyrrole nitrogens is 1. The first-order chi connectivity index (χ1) is 11.3. The largest absolute Gasteiger partial charge is 0.348 e. The highest BCUT2D eigenvalue weighted by Gasteiger charge is 2.19. The van der Waals surface area contributed by atoms with Gasteiger partial charge in [-0.1, -0.05) is 50.3 Å². The molecule has 1 aliphatic carbocycles. The number of rotatable bonds is 3. The van der Waals surface area contributed by atoms with Crippen LogP contribution in [-0.4, -0.2) is 21.5 Å². The number of aromatic amines is 1. The van der Waals surface area contributed by atoms with E-state index in [2.05, 4.69) is 10.3 Å². The van der Waals surface area contributed by atoms with E-state index in [1.54, 1.807) is 10.8 Å². The fourth-order valence-electron chi connectivity index (χ4n) is 3.23. The van der Waals surface area contributed by atoms with Crippen molar-refractivity contribution in [2.24, 2.45) is 0 Å². The van der Waals surface area contributed by atoms with E-state index in [0.717, 1.165) is 18.5 Å². The molecule has 0 spiro atoms. The molecule has 0 bridgehead atoms. The molecule has 23 heavy (non-hydrogen) atoms. The summed E-state index contributed by atoms with van der Waals surface area (Å²) >= 11 is 5.35. The third-order valence-corrected chi connectivity index (χ3v) is 4.76. The number of benzene rings is 1. The van der Waals surface area contributed by atoms with E-state index in [1.165, 1.54) is 32.1 Å². The van der Waals surface area contributed by atoms with Crippen LogP contribution in [0.3, 0.4) is 0 Å². The molecule has 1 aromatic carbocycles. The predicted molar refractivity (Wildman–Crippen MR) is 94.5 cm³/mol. The van der Waals surface area contributed by atoms with Crippen molar-refractivity contribution < 1.29 is 4.79 Å². The molecule has 1 fully saturated rings. The Morgan fingerprint density at radius 1 is 1.09 bits per heavy atom. The summed E-state index contributed by atoms with van der Waals surface area (Å²) in [6.45, 7) is 0. The molecule has 1 aromatic heterocycles. The lowest BCUT2D eigenvalue weighted by Crippen LogP contribution is -2.36. The molecule has 0 atom stereocenters. The van der Waals surface area contributed by atoms with Crippen LogP contribution in [-0.2, 0) is 0 Å². The maximum atomic E-state index is 12.7. The molecule has 1 saturated carbocycles. The second-order valence-corrected chi connectivity index (χ2v) is 6.55. The van der Waals surface area contributed by atoms with Crippen molar-refractivity contribution >= 4 is 18.1 Å². The van der Waals surface area contributed by atoms with Gasteiger partial charge in [0.05, 0.1) is 0 Å². The van der Waals surface area contributed by atoms with E-state index in [0.29, 0.717) is 10.5 Å². The quantitative estimate of drug-likeness (QED) is 0.821. The van der Waals surface area contributed by atoms with Gasteiger partial charge in [-0.3, -0.25) is 9.36 Å². The summed E-state index contributed by atoms with van der Waals surface area (Å²) in [4.78, 5) is 15.7. The van der Waals surface area contributed by atoms with Crippen molar-refractivity contribution in [1.82, 2.24) is 14.9 Å². The second-order valence-electron chi connectivity index (χ2n) is 6.17. The third-order valence-electron chi connectivity index (χ3n) is 4.46. The van der Waals surface area contributed by atoms with Gasteiger partial charge in [0.2, 0.25) is 0 Å². The Kier molecular flexibility index (Phi) is 5.28. The van der Waals surface area contributed by atoms with Crippen LogP contribution < -0.4 is 5.32 Å². The first kappa shape index (κ1) is 16.0. The summed E-state index contributed by atoms with van der Waals surface area (Å²) in [5.41, 5.74) is 1.48. The number of amides is 1. The minimum atomic E-state index is -0.0493. The zero-order valence-corrected chi connectivity index (χ0v) is 14.1. The summed E-state index contributed by atoms with van der Waals surface area (Å²) in [6, 6.07) is 10.0. The summed E-state index contributed by atoms with van der Waals surface area (Å²) in [6.07, 6.45) is 10.1. The molecule has 5 heteroatoms. The van der Waals surface area contributed by atoms with E-state index >= 15 is 0 Å². The summed E-state index contributed by atoms with van der Waals surface area (Å²) < 4.78 is 2.34. The van der Waals surface area contributed by atoms with Gasteiger partial charge in [-0.25, -0.2) is 0 Å². The first-order valence-electron chi connectivity index (χ1n) is 8.42. The van der Waals surface area contributed by atoms with Gasteiger partial charge in [0, 0.05) is 17.9 Å². The molecule has 0 aliphatic heterocycles. The van der Waals surface area contributed by atoms with Crippen molar-refractivity contribution in [1.29, 1.82) is 0 Å². The van der Waals surface area contributed by atoms with Crippen LogP contribution in [0.25, 0.3) is 5.69 Å². The maximum absolute atomic E-state index is 12.7. The number of para-hydroxylation sites is 1. The SMILES string of the molecule is O=C(NC1CCCCCCC1)c1c[nH]c(=S)n1-c1ccccc1. The minimum Gasteiger partial charge on any atom is -0.348 e. The molecule has 1 amide bonds. The topological polar surface area (TPSA) is 49.8 Å². The van der Waals surface area contributed by atoms with E-state index < -0.39 is 0 Å². The first-order valence-corrected chi connectivity index (χ1v) is 8.83. The number of imidazole rings is 1. The molecular weight excluding hydrogens is 306 g/mol. The number of hydrogen-bond donors (Lipinski definition) is 2. The lowest BCUT2D eigenvalue weighted by atomic mass is 9.96. The van der Waals surface area contributed by atoms with Gasteiger partial charge in [0.15, 0.2) is 4.77 Å². The van der Waals surface area contributed by atoms with Crippen molar-refractivity contribution in [2.45, 2.75) is 51.0 Å². The van der Waals surface area contributed by atoms with Gasteiger partial charge in [0.25, 0.3) is 5.91 Å². The zero-order valence-electron chi connectivity index (χ0n) is 13.3. The number of nitrogens with one attached hydrogen (secondary N) is 2. The smallest absolute Gasteiger partial charge is 0.270 e. The Hall–Kier alpha value is -1.88. The molecule has 1 heterocycles. The van der Waals surface area contributed by atoms with E-state index in [4.69, 9.17) is 12.2 Å². The maximum Gasteiger partial charge on any atom is 0.270 e. The fourth-order valence-corrected chi connectivity index (χ4v) is 3.49. The summed E-state index contributed by atoms with van der Waals surface area (Å²) in [7, 11) is 0. The minimum absolute atomic E-state index is 0.0493. The Labute approximate surface area is 141 Å². The average molecular weight is 329 g/mol. The third kappa shape index (κ3) is 3.91. The van der Waals surface area contributed by atoms with Crippen molar-refractivity contribution in [3.05, 3.63) is 47.0 Å². The van der Waals surface area contributed by atoms with Gasteiger partial charge < -0.3 is 10.3 Å². The summed E-state index contributed by atoms with van der Waals surface area (Å²) in [5.74, 6) is -0.0493. The number of hydrogen-bond acceptors (Lipinski definition) is 2. The molecule has 0 unspecified atom stereocenters. The van der Waals surface area contributed by atoms with E-state index in [9.17, 15) is 4.79 Å². The summed E-state index contributed by atoms with van der Waals surface area (Å²) in [5, 5.41) is 3.20. The van der Waals surface area contributed by atoms with Crippen molar-refractivity contribution in [2.75, 3.05) is 0 Å². The Balaban J connectivity index is 1.79. The van der Waals surface area contributed by atoms with Gasteiger partial charge in [-0.2, -0.15) is 0 Å². The monoisotopic (exact) mass is 329 g/mol. The fraction of sp³-hybridized carbons (Fsp3) is 0.444. The van der Waals surface area contributed by atoms with Gasteiger partial charge in [0.1, 0.15) is 5.69 Å². The van der Waals surface area contributed by atoms with Crippen molar-refractivity contribution in [3.63, 3.8) is 0 Å². The molecule has 2 N–H and O–H groups in total. The highest BCUT2D eigenvalue weighted by molar-refractivity contribution is 7.71. The van der Waals surface area contributed by atoms with Crippen LogP contribution in [0.2, 0.25) is 0 Å². The number of nitrogens with zero attached hydrogens (tertiary/aromatic N) is 1. The molecule has 4 nitrogen and oxygen atoms in total. The van der Waals surface area contributed by atoms with Crippen LogP contribution in [0.1, 0.15) is 55.4 Å². The highest BCUT2D eigenvalue weighted by atomic mass is 32.1. The molecule has 0 radical (unpaired) electrons. The highest BCUT2D eigenvalue weighted by Crippen LogP contribution is 2.18. The average Bonchev–Trinajstić information content (AvgIpc) is 2.92. The molecule has 1 aliphatic rings. The number of carbonyl (C=O) groups excluding carboxylic acids is 1. The van der Waals surface area contributed by atoms with Gasteiger partial charge in [-0.15, -0.1) is 0 Å². The molecule has 0 saturated heterocycles. The van der Waals surface area contributed by atoms with Crippen LogP contribution >= 0.6 is 12.2 Å². The standard InChI is InChI=1S/C18H23N3OS/c22-17(20-14-9-5-2-1-3-6-10-14)16-13-19-18(23)21(16)15-11-7-4-8-12-15/h4,7-8,11-14H,1-3,5-6,9-10H2,(H,19,23)(H,20,22). The van der Waals surface area contributed by atoms with Gasteiger partial charge >= 0.3 is 0 Å². The van der Waals surface area contributed by atoms with Crippen molar-refractivity contribution in [3.8, 4) is 5.69 Å². The lowest BCUT2D eigenvalue weighted by molar-refractivity contribution is 0.0923. The molecule has 3 rings (SSSR count). The van der Waals surface area contributed by atoms with E-state index in [1.807, 2.05) is 30.3 Å². The Bertz CT molecular complexity index is 697. The van der Waals surface area contributed by atoms with Crippen LogP contribution in [0.15, 0.2) is 36.5 Å². The predicted octanol–water partition coefficient (Wildman–Crippen LogP) is 4.38. The Morgan fingerprint density at radius 2 is 1.74 bits per heavy atom. The molecule has 122 valence electrons. The zero-order chi connectivity index (χ0) is 16.1. The second kappa shape index (κ2) is 7.59. The Morgan fingerprint density at radius 3 is 2.43 bits per heavy atom. The normalized spacial score (nSPS) is 16.5. The van der Waals surface area contributed by atoms with Crippen LogP contribution in [0.5, 0.6) is 0 Å². The number of aromatic nitrogens is 2. The molecular formula is C18H23N3OS. The van der Waals surface area contributed by atoms with Crippen LogP contribution in [0.4, 0.5) is 0 Å².